The third-order valence-corrected chi connectivity index (χ3v) is 4.70. The van der Waals surface area contributed by atoms with Gasteiger partial charge in [-0.2, -0.15) is 0 Å². The first-order valence-corrected chi connectivity index (χ1v) is 7.49. The summed E-state index contributed by atoms with van der Waals surface area (Å²) in [6.07, 6.45) is -3.21. The van der Waals surface area contributed by atoms with Crippen LogP contribution in [-0.4, -0.2) is 38.1 Å². The van der Waals surface area contributed by atoms with Crippen LogP contribution in [0, 0.1) is 0 Å². The molecule has 5 nitrogen and oxygen atoms in total. The van der Waals surface area contributed by atoms with Crippen molar-refractivity contribution >= 4 is 50.2 Å². The van der Waals surface area contributed by atoms with Gasteiger partial charge in [-0.3, -0.25) is 4.57 Å². The average Bonchev–Trinajstić information content (AvgIpc) is 2.81. The van der Waals surface area contributed by atoms with Crippen LogP contribution in [0.4, 0.5) is 0 Å². The molecule has 0 saturated carbocycles. The van der Waals surface area contributed by atoms with Gasteiger partial charge < -0.3 is 14.9 Å². The first-order valence-electron chi connectivity index (χ1n) is 5.94. The standard InChI is InChI=1S/C12H11BrCl2N2O3/c1-4-9(18)10(19)11(20-4)17-8-3-6(15)5(14)2-7(8)16-12(17)13/h2-4,9-11,18-19H,1H3/t4-,9+,10+,11+/m1/s1. The Morgan fingerprint density at radius 1 is 1.25 bits per heavy atom. The number of halogens is 3. The zero-order valence-electron chi connectivity index (χ0n) is 10.3. The fourth-order valence-corrected chi connectivity index (χ4v) is 3.24. The lowest BCUT2D eigenvalue weighted by molar-refractivity contribution is -0.0309. The normalized spacial score (nSPS) is 30.3. The lowest BCUT2D eigenvalue weighted by atomic mass is 10.1. The van der Waals surface area contributed by atoms with Gasteiger partial charge >= 0.3 is 0 Å². The molecule has 1 aliphatic heterocycles. The Morgan fingerprint density at radius 2 is 1.90 bits per heavy atom. The van der Waals surface area contributed by atoms with Gasteiger partial charge in [0.2, 0.25) is 0 Å². The number of aliphatic hydroxyl groups is 2. The topological polar surface area (TPSA) is 67.5 Å². The summed E-state index contributed by atoms with van der Waals surface area (Å²) in [5, 5.41) is 20.7. The van der Waals surface area contributed by atoms with Gasteiger partial charge in [0.1, 0.15) is 12.2 Å². The van der Waals surface area contributed by atoms with Crippen LogP contribution in [0.25, 0.3) is 11.0 Å². The Hall–Kier alpha value is -0.370. The van der Waals surface area contributed by atoms with Gasteiger partial charge in [-0.1, -0.05) is 23.2 Å². The van der Waals surface area contributed by atoms with Crippen molar-refractivity contribution in [3.63, 3.8) is 0 Å². The summed E-state index contributed by atoms with van der Waals surface area (Å²) in [5.41, 5.74) is 1.28. The molecule has 20 heavy (non-hydrogen) atoms. The zero-order valence-corrected chi connectivity index (χ0v) is 13.4. The van der Waals surface area contributed by atoms with Gasteiger partial charge in [0, 0.05) is 0 Å². The van der Waals surface area contributed by atoms with Crippen LogP contribution in [0.1, 0.15) is 13.2 Å². The van der Waals surface area contributed by atoms with Gasteiger partial charge in [-0.05, 0) is 35.0 Å². The van der Waals surface area contributed by atoms with Crippen LogP contribution in [-0.2, 0) is 4.74 Å². The molecule has 0 radical (unpaired) electrons. The molecule has 4 atom stereocenters. The Labute approximate surface area is 133 Å². The smallest absolute Gasteiger partial charge is 0.180 e. The summed E-state index contributed by atoms with van der Waals surface area (Å²) in [6.45, 7) is 1.70. The molecule has 2 heterocycles. The monoisotopic (exact) mass is 380 g/mol. The molecule has 1 saturated heterocycles. The van der Waals surface area contributed by atoms with E-state index >= 15 is 0 Å². The van der Waals surface area contributed by atoms with Crippen molar-refractivity contribution in [3.8, 4) is 0 Å². The van der Waals surface area contributed by atoms with E-state index in [1.807, 2.05) is 0 Å². The van der Waals surface area contributed by atoms with Gasteiger partial charge in [-0.25, -0.2) is 4.98 Å². The minimum atomic E-state index is -1.05. The predicted octanol–water partition coefficient (Wildman–Crippen LogP) is 2.74. The van der Waals surface area contributed by atoms with E-state index in [9.17, 15) is 10.2 Å². The van der Waals surface area contributed by atoms with E-state index < -0.39 is 24.5 Å². The maximum Gasteiger partial charge on any atom is 0.180 e. The molecule has 0 unspecified atom stereocenters. The first kappa shape index (κ1) is 14.6. The van der Waals surface area contributed by atoms with Crippen LogP contribution >= 0.6 is 39.1 Å². The van der Waals surface area contributed by atoms with Gasteiger partial charge in [0.25, 0.3) is 0 Å². The molecule has 108 valence electrons. The van der Waals surface area contributed by atoms with E-state index in [-0.39, 0.29) is 0 Å². The maximum absolute atomic E-state index is 10.1. The molecule has 2 N–H and O–H groups in total. The fourth-order valence-electron chi connectivity index (χ4n) is 2.34. The molecule has 1 aromatic carbocycles. The Bertz CT molecular complexity index is 678. The van der Waals surface area contributed by atoms with Crippen LogP contribution in [0.15, 0.2) is 16.9 Å². The van der Waals surface area contributed by atoms with Crippen LogP contribution < -0.4 is 0 Å². The van der Waals surface area contributed by atoms with Gasteiger partial charge in [0.15, 0.2) is 11.0 Å². The van der Waals surface area contributed by atoms with Crippen molar-refractivity contribution in [1.82, 2.24) is 9.55 Å². The van der Waals surface area contributed by atoms with E-state index in [4.69, 9.17) is 27.9 Å². The number of rotatable bonds is 1. The summed E-state index contributed by atoms with van der Waals surface area (Å²) in [6, 6.07) is 3.30. The largest absolute Gasteiger partial charge is 0.388 e. The SMILES string of the molecule is C[C@H]1O[C@H](n2c(Br)nc3cc(Cl)c(Cl)cc32)[C@@H](O)[C@H]1O. The van der Waals surface area contributed by atoms with Gasteiger partial charge in [0.05, 0.1) is 27.2 Å². The van der Waals surface area contributed by atoms with E-state index in [1.54, 1.807) is 23.6 Å². The number of nitrogens with zero attached hydrogens (tertiary/aromatic N) is 2. The Kier molecular flexibility index (Phi) is 3.73. The minimum Gasteiger partial charge on any atom is -0.388 e. The number of ether oxygens (including phenoxy) is 1. The average molecular weight is 382 g/mol. The highest BCUT2D eigenvalue weighted by atomic mass is 79.9. The number of benzene rings is 1. The predicted molar refractivity (Wildman–Crippen MR) is 79.1 cm³/mol. The number of hydrogen-bond donors (Lipinski definition) is 2. The summed E-state index contributed by atoms with van der Waals surface area (Å²) >= 11 is 15.3. The number of aliphatic hydroxyl groups excluding tert-OH is 2. The number of fused-ring (bicyclic) bond motifs is 1. The van der Waals surface area contributed by atoms with Crippen molar-refractivity contribution in [2.75, 3.05) is 0 Å². The molecule has 1 aromatic heterocycles. The second-order valence-electron chi connectivity index (χ2n) is 4.72. The second-order valence-corrected chi connectivity index (χ2v) is 6.24. The summed E-state index contributed by atoms with van der Waals surface area (Å²) in [7, 11) is 0. The molecular formula is C12H11BrCl2N2O3. The number of imidazole rings is 1. The zero-order chi connectivity index (χ0) is 14.6. The van der Waals surface area contributed by atoms with E-state index in [1.165, 1.54) is 0 Å². The third kappa shape index (κ3) is 2.15. The van der Waals surface area contributed by atoms with Crippen LogP contribution in [0.3, 0.4) is 0 Å². The van der Waals surface area contributed by atoms with Crippen molar-refractivity contribution in [2.24, 2.45) is 0 Å². The highest BCUT2D eigenvalue weighted by Gasteiger charge is 2.42. The third-order valence-electron chi connectivity index (χ3n) is 3.42. The van der Waals surface area contributed by atoms with E-state index in [0.717, 1.165) is 0 Å². The van der Waals surface area contributed by atoms with E-state index in [0.29, 0.717) is 25.8 Å². The fraction of sp³-hybridized carbons (Fsp3) is 0.417. The number of aromatic nitrogens is 2. The van der Waals surface area contributed by atoms with Crippen molar-refractivity contribution in [1.29, 1.82) is 0 Å². The Balaban J connectivity index is 2.17. The lowest BCUT2D eigenvalue weighted by Crippen LogP contribution is -2.30. The Morgan fingerprint density at radius 3 is 2.50 bits per heavy atom. The minimum absolute atomic E-state index is 0.383. The number of hydrogen-bond acceptors (Lipinski definition) is 4. The lowest BCUT2D eigenvalue weighted by Gasteiger charge is -2.18. The molecule has 2 aromatic rings. The van der Waals surface area contributed by atoms with Crippen molar-refractivity contribution < 1.29 is 14.9 Å². The molecule has 1 aliphatic rings. The molecule has 0 spiro atoms. The summed E-state index contributed by atoms with van der Waals surface area (Å²) < 4.78 is 7.72. The van der Waals surface area contributed by atoms with Crippen LogP contribution in [0.2, 0.25) is 10.0 Å². The van der Waals surface area contributed by atoms with Crippen LogP contribution in [0.5, 0.6) is 0 Å². The molecule has 1 fully saturated rings. The summed E-state index contributed by atoms with van der Waals surface area (Å²) in [5.74, 6) is 0. The molecular weight excluding hydrogens is 371 g/mol. The maximum atomic E-state index is 10.1. The highest BCUT2D eigenvalue weighted by molar-refractivity contribution is 9.10. The molecule has 0 amide bonds. The quantitative estimate of drug-likeness (QED) is 0.796. The molecule has 0 aliphatic carbocycles. The second kappa shape index (κ2) is 5.12. The summed E-state index contributed by atoms with van der Waals surface area (Å²) in [4.78, 5) is 4.31. The molecule has 0 bridgehead atoms. The molecule has 3 rings (SSSR count). The first-order chi connectivity index (χ1) is 9.40. The van der Waals surface area contributed by atoms with Crippen molar-refractivity contribution in [2.45, 2.75) is 31.5 Å². The van der Waals surface area contributed by atoms with Gasteiger partial charge in [-0.15, -0.1) is 0 Å². The highest BCUT2D eigenvalue weighted by Crippen LogP contribution is 2.37. The van der Waals surface area contributed by atoms with Crippen molar-refractivity contribution in [3.05, 3.63) is 26.9 Å². The molecule has 8 heteroatoms. The van der Waals surface area contributed by atoms with E-state index in [2.05, 4.69) is 20.9 Å².